The number of rotatable bonds is 5. The molecule has 0 aliphatic heterocycles. The molecule has 2 rings (SSSR count). The minimum atomic E-state index is -3.62. The molecule has 0 aliphatic carbocycles. The molecule has 0 radical (unpaired) electrons. The van der Waals surface area contributed by atoms with E-state index in [0.29, 0.717) is 10.6 Å². The van der Waals surface area contributed by atoms with E-state index in [4.69, 9.17) is 11.6 Å². The van der Waals surface area contributed by atoms with Crippen LogP contribution in [0.2, 0.25) is 5.02 Å². The van der Waals surface area contributed by atoms with E-state index >= 15 is 0 Å². The molecule has 3 nitrogen and oxygen atoms in total. The molecule has 2 aromatic carbocycles. The summed E-state index contributed by atoms with van der Waals surface area (Å²) in [6, 6.07) is 12.2. The molecule has 1 atom stereocenters. The van der Waals surface area contributed by atoms with Crippen molar-refractivity contribution in [3.05, 3.63) is 70.5 Å². The van der Waals surface area contributed by atoms with Gasteiger partial charge in [-0.05, 0) is 17.7 Å². The first kappa shape index (κ1) is 15.9. The van der Waals surface area contributed by atoms with Gasteiger partial charge in [0, 0.05) is 10.6 Å². The van der Waals surface area contributed by atoms with Crippen molar-refractivity contribution in [3.63, 3.8) is 0 Å². The van der Waals surface area contributed by atoms with Crippen molar-refractivity contribution in [1.82, 2.24) is 0 Å². The maximum Gasteiger partial charge on any atom is 0.157 e. The van der Waals surface area contributed by atoms with Gasteiger partial charge in [-0.1, -0.05) is 48.0 Å². The van der Waals surface area contributed by atoms with Crippen molar-refractivity contribution in [1.29, 1.82) is 0 Å². The SMILES string of the molecule is O=S(=O)(Cc1ccccc1Cl)CC(O)c1ccccc1F. The fraction of sp³-hybridized carbons (Fsp3) is 0.200. The summed E-state index contributed by atoms with van der Waals surface area (Å²) in [4.78, 5) is 0. The van der Waals surface area contributed by atoms with Crippen molar-refractivity contribution in [2.75, 3.05) is 5.75 Å². The first-order valence-corrected chi connectivity index (χ1v) is 8.45. The second kappa shape index (κ2) is 6.56. The zero-order valence-electron chi connectivity index (χ0n) is 11.0. The molecule has 0 aliphatic rings. The van der Waals surface area contributed by atoms with Crippen molar-refractivity contribution >= 4 is 21.4 Å². The van der Waals surface area contributed by atoms with Gasteiger partial charge in [0.2, 0.25) is 0 Å². The number of aliphatic hydroxyl groups excluding tert-OH is 1. The van der Waals surface area contributed by atoms with Crippen molar-refractivity contribution in [3.8, 4) is 0 Å². The molecular formula is C15H14ClFO3S. The van der Waals surface area contributed by atoms with E-state index in [9.17, 15) is 17.9 Å². The third kappa shape index (κ3) is 4.27. The lowest BCUT2D eigenvalue weighted by atomic mass is 10.1. The van der Waals surface area contributed by atoms with Crippen LogP contribution in [0.5, 0.6) is 0 Å². The van der Waals surface area contributed by atoms with Gasteiger partial charge in [0.15, 0.2) is 9.84 Å². The summed E-state index contributed by atoms with van der Waals surface area (Å²) in [7, 11) is -3.62. The lowest BCUT2D eigenvalue weighted by molar-refractivity contribution is 0.196. The molecule has 0 spiro atoms. The second-order valence-corrected chi connectivity index (χ2v) is 7.20. The summed E-state index contributed by atoms with van der Waals surface area (Å²) in [5.41, 5.74) is 0.431. The number of hydrogen-bond donors (Lipinski definition) is 1. The van der Waals surface area contributed by atoms with Crippen LogP contribution in [-0.4, -0.2) is 19.3 Å². The van der Waals surface area contributed by atoms with Crippen molar-refractivity contribution in [2.45, 2.75) is 11.9 Å². The lowest BCUT2D eigenvalue weighted by Crippen LogP contribution is -2.17. The molecule has 6 heteroatoms. The molecular weight excluding hydrogens is 315 g/mol. The fourth-order valence-corrected chi connectivity index (χ4v) is 3.77. The summed E-state index contributed by atoms with van der Waals surface area (Å²) >= 11 is 5.92. The maximum atomic E-state index is 13.5. The van der Waals surface area contributed by atoms with Crippen LogP contribution in [0.4, 0.5) is 4.39 Å². The molecule has 1 unspecified atom stereocenters. The van der Waals surface area contributed by atoms with Crippen LogP contribution in [0.1, 0.15) is 17.2 Å². The molecule has 21 heavy (non-hydrogen) atoms. The van der Waals surface area contributed by atoms with Gasteiger partial charge in [-0.25, -0.2) is 12.8 Å². The Morgan fingerprint density at radius 1 is 1.10 bits per heavy atom. The van der Waals surface area contributed by atoms with Crippen LogP contribution in [0.25, 0.3) is 0 Å². The van der Waals surface area contributed by atoms with Crippen LogP contribution in [0.3, 0.4) is 0 Å². The standard InChI is InChI=1S/C15H14ClFO3S/c16-13-7-3-1-5-11(13)9-21(19,20)10-15(18)12-6-2-4-8-14(12)17/h1-8,15,18H,9-10H2. The van der Waals surface area contributed by atoms with E-state index in [1.807, 2.05) is 0 Å². The highest BCUT2D eigenvalue weighted by molar-refractivity contribution is 7.90. The smallest absolute Gasteiger partial charge is 0.157 e. The van der Waals surface area contributed by atoms with Gasteiger partial charge < -0.3 is 5.11 Å². The van der Waals surface area contributed by atoms with Gasteiger partial charge in [-0.15, -0.1) is 0 Å². The number of halogens is 2. The molecule has 112 valence electrons. The lowest BCUT2D eigenvalue weighted by Gasteiger charge is -2.13. The average Bonchev–Trinajstić information content (AvgIpc) is 2.41. The first-order chi connectivity index (χ1) is 9.89. The van der Waals surface area contributed by atoms with E-state index in [1.54, 1.807) is 30.3 Å². The van der Waals surface area contributed by atoms with Gasteiger partial charge in [-0.3, -0.25) is 0 Å². The predicted molar refractivity (Wildman–Crippen MR) is 80.3 cm³/mol. The summed E-state index contributed by atoms with van der Waals surface area (Å²) in [6.07, 6.45) is -1.40. The Morgan fingerprint density at radius 3 is 2.38 bits per heavy atom. The van der Waals surface area contributed by atoms with Crippen LogP contribution < -0.4 is 0 Å². The Hall–Kier alpha value is -1.43. The largest absolute Gasteiger partial charge is 0.387 e. The summed E-state index contributed by atoms with van der Waals surface area (Å²) in [5, 5.41) is 10.3. The second-order valence-electron chi connectivity index (χ2n) is 4.68. The molecule has 0 saturated heterocycles. The van der Waals surface area contributed by atoms with Gasteiger partial charge >= 0.3 is 0 Å². The molecule has 0 saturated carbocycles. The minimum Gasteiger partial charge on any atom is -0.387 e. The van der Waals surface area contributed by atoms with Gasteiger partial charge in [0.1, 0.15) is 5.82 Å². The zero-order chi connectivity index (χ0) is 15.5. The third-order valence-corrected chi connectivity index (χ3v) is 4.95. The van der Waals surface area contributed by atoms with Gasteiger partial charge in [0.25, 0.3) is 0 Å². The van der Waals surface area contributed by atoms with Gasteiger partial charge in [-0.2, -0.15) is 0 Å². The highest BCUT2D eigenvalue weighted by atomic mass is 35.5. The number of benzene rings is 2. The monoisotopic (exact) mass is 328 g/mol. The Balaban J connectivity index is 2.15. The van der Waals surface area contributed by atoms with Crippen molar-refractivity contribution < 1.29 is 17.9 Å². The average molecular weight is 329 g/mol. The van der Waals surface area contributed by atoms with Crippen LogP contribution in [0, 0.1) is 5.82 Å². The molecule has 0 heterocycles. The maximum absolute atomic E-state index is 13.5. The first-order valence-electron chi connectivity index (χ1n) is 6.25. The molecule has 1 N–H and O–H groups in total. The minimum absolute atomic E-state index is 0.0276. The van der Waals surface area contributed by atoms with Crippen LogP contribution >= 0.6 is 11.6 Å². The number of sulfone groups is 1. The molecule has 0 fully saturated rings. The van der Waals surface area contributed by atoms with Gasteiger partial charge in [0.05, 0.1) is 17.6 Å². The summed E-state index contributed by atoms with van der Waals surface area (Å²) < 4.78 is 37.7. The van der Waals surface area contributed by atoms with Crippen molar-refractivity contribution in [2.24, 2.45) is 0 Å². The number of hydrogen-bond acceptors (Lipinski definition) is 3. The topological polar surface area (TPSA) is 54.4 Å². The van der Waals surface area contributed by atoms with Crippen LogP contribution in [-0.2, 0) is 15.6 Å². The zero-order valence-corrected chi connectivity index (χ0v) is 12.6. The Labute approximate surface area is 127 Å². The Morgan fingerprint density at radius 2 is 1.71 bits per heavy atom. The highest BCUT2D eigenvalue weighted by Gasteiger charge is 2.22. The van der Waals surface area contributed by atoms with E-state index < -0.39 is 27.5 Å². The summed E-state index contributed by atoms with van der Waals surface area (Å²) in [6.45, 7) is 0. The molecule has 0 aromatic heterocycles. The Bertz CT molecular complexity index is 731. The normalized spacial score (nSPS) is 13.1. The third-order valence-electron chi connectivity index (χ3n) is 3.01. The quantitative estimate of drug-likeness (QED) is 0.917. The number of aliphatic hydroxyl groups is 1. The van der Waals surface area contributed by atoms with E-state index in [0.717, 1.165) is 0 Å². The highest BCUT2D eigenvalue weighted by Crippen LogP contribution is 2.22. The van der Waals surface area contributed by atoms with E-state index in [2.05, 4.69) is 0 Å². The van der Waals surface area contributed by atoms with E-state index in [-0.39, 0.29) is 11.3 Å². The molecule has 0 bridgehead atoms. The Kier molecular flexibility index (Phi) is 4.98. The molecule has 0 amide bonds. The molecule has 2 aromatic rings. The van der Waals surface area contributed by atoms with Crippen LogP contribution in [0.15, 0.2) is 48.5 Å². The van der Waals surface area contributed by atoms with E-state index in [1.165, 1.54) is 18.2 Å². The predicted octanol–water partition coefficient (Wildman–Crippen LogP) is 3.13. The fourth-order valence-electron chi connectivity index (χ4n) is 1.99. The summed E-state index contributed by atoms with van der Waals surface area (Å²) in [5.74, 6) is -1.48.